The Kier molecular flexibility index (Phi) is 11.8. The third-order valence-electron chi connectivity index (χ3n) is 4.14. The van der Waals surface area contributed by atoms with Crippen molar-refractivity contribution >= 4 is 33.9 Å². The summed E-state index contributed by atoms with van der Waals surface area (Å²) in [6.45, 7) is 6.35. The second-order valence-electron chi connectivity index (χ2n) is 6.61. The molecule has 0 fully saturated rings. The van der Waals surface area contributed by atoms with Crippen LogP contribution in [0.1, 0.15) is 25.8 Å². The largest absolute Gasteiger partial charge is 0.384 e. The first-order chi connectivity index (χ1) is 13.9. The molecule has 0 aliphatic rings. The Balaban J connectivity index is 2.98. The van der Waals surface area contributed by atoms with Crippen LogP contribution in [-0.4, -0.2) is 62.2 Å². The first-order valence-electron chi connectivity index (χ1n) is 9.83. The van der Waals surface area contributed by atoms with E-state index >= 15 is 0 Å². The summed E-state index contributed by atoms with van der Waals surface area (Å²) >= 11 is 1.18. The topological polar surface area (TPSA) is 86.3 Å². The van der Waals surface area contributed by atoms with Gasteiger partial charge in [0, 0.05) is 25.8 Å². The van der Waals surface area contributed by atoms with Crippen molar-refractivity contribution in [1.82, 2.24) is 10.2 Å². The maximum Gasteiger partial charge on any atom is 0.276 e. The minimum atomic E-state index is -0.227. The molecule has 0 aliphatic heterocycles. The summed E-state index contributed by atoms with van der Waals surface area (Å²) in [7, 11) is 5.67. The van der Waals surface area contributed by atoms with Gasteiger partial charge in [-0.1, -0.05) is 36.9 Å². The van der Waals surface area contributed by atoms with Crippen LogP contribution in [0.3, 0.4) is 0 Å². The highest BCUT2D eigenvalue weighted by atomic mass is 32.2. The lowest BCUT2D eigenvalue weighted by Gasteiger charge is -2.25. The number of aryl methyl sites for hydroxylation is 1. The lowest BCUT2D eigenvalue weighted by molar-refractivity contribution is -0.114. The summed E-state index contributed by atoms with van der Waals surface area (Å²) in [6.07, 6.45) is 3.32. The number of carbonyl (C=O) groups excluding carboxylic acids is 1. The average Bonchev–Trinajstić information content (AvgIpc) is 2.71. The predicted molar refractivity (Wildman–Crippen MR) is 127 cm³/mol. The summed E-state index contributed by atoms with van der Waals surface area (Å²) in [6, 6.07) is 8.15. The van der Waals surface area contributed by atoms with Crippen LogP contribution in [0, 0.1) is 0 Å². The van der Waals surface area contributed by atoms with E-state index in [0.717, 1.165) is 25.1 Å². The molecule has 3 N–H and O–H groups in total. The number of nitrogens with two attached hydrogens (primary N) is 1. The zero-order valence-electron chi connectivity index (χ0n) is 18.2. The molecule has 0 unspecified atom stereocenters. The monoisotopic (exact) mass is 418 g/mol. The fraction of sp³-hybridized carbons (Fsp3) is 0.476. The molecule has 0 aromatic heterocycles. The van der Waals surface area contributed by atoms with Gasteiger partial charge < -0.3 is 20.9 Å². The molecule has 0 aliphatic carbocycles. The molecule has 0 spiro atoms. The third kappa shape index (κ3) is 8.70. The van der Waals surface area contributed by atoms with Crippen LogP contribution in [0.25, 0.3) is 0 Å². The molecular formula is C21H34N6OS. The van der Waals surface area contributed by atoms with Crippen LogP contribution in [0.15, 0.2) is 46.3 Å². The second-order valence-corrected chi connectivity index (χ2v) is 7.44. The Bertz CT molecular complexity index is 730. The van der Waals surface area contributed by atoms with Gasteiger partial charge in [0.1, 0.15) is 5.82 Å². The van der Waals surface area contributed by atoms with E-state index in [0.29, 0.717) is 24.0 Å². The van der Waals surface area contributed by atoms with Gasteiger partial charge in [-0.2, -0.15) is 0 Å². The highest BCUT2D eigenvalue weighted by molar-refractivity contribution is 8.26. The van der Waals surface area contributed by atoms with Gasteiger partial charge in [-0.15, -0.1) is 0 Å². The Hall–Kier alpha value is -2.32. The van der Waals surface area contributed by atoms with Crippen molar-refractivity contribution in [1.29, 1.82) is 0 Å². The van der Waals surface area contributed by atoms with E-state index in [1.54, 1.807) is 18.8 Å². The maximum absolute atomic E-state index is 12.5. The predicted octanol–water partition coefficient (Wildman–Crippen LogP) is 2.69. The summed E-state index contributed by atoms with van der Waals surface area (Å²) < 4.78 is 0. The molecule has 0 radical (unpaired) electrons. The number of nitrogens with zero attached hydrogens (tertiary/aromatic N) is 4. The molecule has 1 amide bonds. The molecule has 0 heterocycles. The van der Waals surface area contributed by atoms with Gasteiger partial charge in [0.25, 0.3) is 5.91 Å². The van der Waals surface area contributed by atoms with Gasteiger partial charge in [0.05, 0.1) is 11.7 Å². The molecule has 0 bridgehead atoms. The number of para-hydroxylation sites is 1. The standard InChI is InChI=1S/C21H34N6OS/c1-6-17-11-8-9-12-18(17)27(7-2)19(22)15-25-21(29-16-23-3)20(28)24-13-10-14-26(4)5/h8-9,11-12,15-16H,6-7,10,13-14,22H2,1-5H3,(H,24,28)/b19-15-,23-16?,25-21?. The van der Waals surface area contributed by atoms with Gasteiger partial charge >= 0.3 is 0 Å². The van der Waals surface area contributed by atoms with Crippen LogP contribution in [0.2, 0.25) is 0 Å². The van der Waals surface area contributed by atoms with E-state index in [1.165, 1.54) is 17.3 Å². The van der Waals surface area contributed by atoms with E-state index in [4.69, 9.17) is 5.73 Å². The Morgan fingerprint density at radius 1 is 1.28 bits per heavy atom. The number of benzene rings is 1. The Morgan fingerprint density at radius 3 is 2.62 bits per heavy atom. The lowest BCUT2D eigenvalue weighted by atomic mass is 10.1. The minimum absolute atomic E-state index is 0.227. The van der Waals surface area contributed by atoms with Crippen molar-refractivity contribution in [3.05, 3.63) is 41.8 Å². The quantitative estimate of drug-likeness (QED) is 0.347. The van der Waals surface area contributed by atoms with E-state index < -0.39 is 0 Å². The molecule has 0 saturated carbocycles. The smallest absolute Gasteiger partial charge is 0.276 e. The highest BCUT2D eigenvalue weighted by Crippen LogP contribution is 2.23. The van der Waals surface area contributed by atoms with Crippen molar-refractivity contribution in [3.63, 3.8) is 0 Å². The molecule has 0 saturated heterocycles. The summed E-state index contributed by atoms with van der Waals surface area (Å²) in [5, 5.41) is 3.21. The first-order valence-corrected chi connectivity index (χ1v) is 10.7. The van der Waals surface area contributed by atoms with Gasteiger partial charge in [0.2, 0.25) is 0 Å². The summed E-state index contributed by atoms with van der Waals surface area (Å²) in [5.74, 6) is 0.259. The van der Waals surface area contributed by atoms with E-state index in [9.17, 15) is 4.79 Å². The third-order valence-corrected chi connectivity index (χ3v) is 4.97. The van der Waals surface area contributed by atoms with Crippen molar-refractivity contribution in [3.8, 4) is 0 Å². The Labute approximate surface area is 179 Å². The van der Waals surface area contributed by atoms with Crippen molar-refractivity contribution in [2.45, 2.75) is 26.7 Å². The molecule has 1 rings (SSSR count). The highest BCUT2D eigenvalue weighted by Gasteiger charge is 2.13. The number of amides is 1. The van der Waals surface area contributed by atoms with Crippen LogP contribution in [0.5, 0.6) is 0 Å². The lowest BCUT2D eigenvalue weighted by Crippen LogP contribution is -2.32. The Morgan fingerprint density at radius 2 is 2.00 bits per heavy atom. The normalized spacial score (nSPS) is 12.6. The minimum Gasteiger partial charge on any atom is -0.384 e. The number of hydrogen-bond acceptors (Lipinski definition) is 7. The summed E-state index contributed by atoms with van der Waals surface area (Å²) in [4.78, 5) is 24.9. The van der Waals surface area contributed by atoms with Crippen LogP contribution in [-0.2, 0) is 11.2 Å². The van der Waals surface area contributed by atoms with Crippen LogP contribution in [0.4, 0.5) is 5.69 Å². The molecule has 7 nitrogen and oxygen atoms in total. The molecule has 1 aromatic rings. The maximum atomic E-state index is 12.5. The molecule has 160 valence electrons. The summed E-state index contributed by atoms with van der Waals surface area (Å²) in [5.41, 5.74) is 10.2. The number of carbonyl (C=O) groups is 1. The van der Waals surface area contributed by atoms with E-state index in [-0.39, 0.29) is 5.91 Å². The SMILES string of the molecule is CCc1ccccc1N(CC)/C(N)=C\N=C(SC=NC)C(=O)NCCCN(C)C. The molecule has 1 aromatic carbocycles. The molecule has 8 heteroatoms. The van der Waals surface area contributed by atoms with Gasteiger partial charge in [-0.05, 0) is 52.0 Å². The average molecular weight is 419 g/mol. The van der Waals surface area contributed by atoms with E-state index in [1.807, 2.05) is 44.1 Å². The molecule has 0 atom stereocenters. The second kappa shape index (κ2) is 13.8. The number of anilines is 1. The molecule has 29 heavy (non-hydrogen) atoms. The van der Waals surface area contributed by atoms with E-state index in [2.05, 4.69) is 33.2 Å². The van der Waals surface area contributed by atoms with Crippen LogP contribution >= 0.6 is 11.8 Å². The van der Waals surface area contributed by atoms with Crippen molar-refractivity contribution in [2.24, 2.45) is 15.7 Å². The fourth-order valence-corrected chi connectivity index (χ4v) is 3.18. The van der Waals surface area contributed by atoms with Gasteiger partial charge in [-0.25, -0.2) is 4.99 Å². The van der Waals surface area contributed by atoms with Gasteiger partial charge in [0.15, 0.2) is 5.04 Å². The molecular weight excluding hydrogens is 384 g/mol. The zero-order chi connectivity index (χ0) is 21.6. The number of hydrogen-bond donors (Lipinski definition) is 2. The van der Waals surface area contributed by atoms with Gasteiger partial charge in [-0.3, -0.25) is 9.79 Å². The number of aliphatic imine (C=N–C) groups is 2. The number of nitrogens with one attached hydrogen (secondary N) is 1. The van der Waals surface area contributed by atoms with Crippen molar-refractivity contribution < 1.29 is 4.79 Å². The zero-order valence-corrected chi connectivity index (χ0v) is 19.0. The van der Waals surface area contributed by atoms with Crippen LogP contribution < -0.4 is 16.0 Å². The number of thioether (sulfide) groups is 1. The first kappa shape index (κ1) is 24.7. The number of rotatable bonds is 10. The van der Waals surface area contributed by atoms with Crippen molar-refractivity contribution in [2.75, 3.05) is 45.7 Å². The fourth-order valence-electron chi connectivity index (χ4n) is 2.68.